The second-order valence-electron chi connectivity index (χ2n) is 3.37. The van der Waals surface area contributed by atoms with Gasteiger partial charge in [-0.25, -0.2) is 0 Å². The van der Waals surface area contributed by atoms with Gasteiger partial charge >= 0.3 is 0 Å². The molecule has 1 aromatic carbocycles. The van der Waals surface area contributed by atoms with E-state index in [4.69, 9.17) is 5.73 Å². The van der Waals surface area contributed by atoms with Crippen molar-refractivity contribution in [2.45, 2.75) is 11.3 Å². The zero-order chi connectivity index (χ0) is 11.4. The average Bonchev–Trinajstić information content (AvgIpc) is 2.74. The number of hydrogen-bond acceptors (Lipinski definition) is 3. The van der Waals surface area contributed by atoms with Gasteiger partial charge in [-0.3, -0.25) is 0 Å². The van der Waals surface area contributed by atoms with Crippen molar-refractivity contribution < 1.29 is 0 Å². The number of anilines is 1. The lowest BCUT2D eigenvalue weighted by atomic mass is 10.3. The third kappa shape index (κ3) is 3.27. The Kier molecular flexibility index (Phi) is 4.32. The van der Waals surface area contributed by atoms with Gasteiger partial charge in [-0.05, 0) is 52.0 Å². The van der Waals surface area contributed by atoms with E-state index in [9.17, 15) is 0 Å². The third-order valence-corrected chi connectivity index (χ3v) is 5.07. The Morgan fingerprint density at radius 1 is 1.31 bits per heavy atom. The average molecular weight is 314 g/mol. The molecule has 0 aliphatic rings. The number of hydrogen-bond donors (Lipinski definition) is 1. The number of nitrogen functional groups attached to an aromatic ring is 1. The van der Waals surface area contributed by atoms with E-state index < -0.39 is 0 Å². The van der Waals surface area contributed by atoms with Crippen LogP contribution in [0.25, 0.3) is 0 Å². The van der Waals surface area contributed by atoms with Crippen LogP contribution in [0.1, 0.15) is 4.88 Å². The van der Waals surface area contributed by atoms with E-state index in [2.05, 4.69) is 39.5 Å². The molecule has 1 heterocycles. The Morgan fingerprint density at radius 3 is 2.88 bits per heavy atom. The van der Waals surface area contributed by atoms with Crippen LogP contribution in [0.5, 0.6) is 0 Å². The minimum atomic E-state index is 0.800. The largest absolute Gasteiger partial charge is 0.399 e. The highest BCUT2D eigenvalue weighted by molar-refractivity contribution is 9.10. The number of aryl methyl sites for hydroxylation is 1. The molecule has 2 rings (SSSR count). The van der Waals surface area contributed by atoms with Gasteiger partial charge in [0, 0.05) is 25.7 Å². The van der Waals surface area contributed by atoms with Crippen LogP contribution in [0.3, 0.4) is 0 Å². The van der Waals surface area contributed by atoms with Crippen LogP contribution >= 0.6 is 39.0 Å². The molecule has 0 aliphatic heterocycles. The van der Waals surface area contributed by atoms with Gasteiger partial charge in [-0.2, -0.15) is 0 Å². The van der Waals surface area contributed by atoms with E-state index in [1.165, 1.54) is 9.77 Å². The van der Waals surface area contributed by atoms with E-state index in [-0.39, 0.29) is 0 Å². The summed E-state index contributed by atoms with van der Waals surface area (Å²) in [4.78, 5) is 2.70. The fourth-order valence-corrected chi connectivity index (χ4v) is 3.83. The summed E-state index contributed by atoms with van der Waals surface area (Å²) in [5.74, 6) is 1.10. The summed E-state index contributed by atoms with van der Waals surface area (Å²) < 4.78 is 1.09. The van der Waals surface area contributed by atoms with Crippen molar-refractivity contribution in [3.63, 3.8) is 0 Å². The molecule has 84 valence electrons. The first-order chi connectivity index (χ1) is 7.75. The highest BCUT2D eigenvalue weighted by Gasteiger charge is 2.01. The van der Waals surface area contributed by atoms with Crippen LogP contribution in [-0.4, -0.2) is 5.75 Å². The number of benzene rings is 1. The Labute approximate surface area is 112 Å². The first-order valence-electron chi connectivity index (χ1n) is 4.96. The molecule has 2 aromatic rings. The van der Waals surface area contributed by atoms with Crippen molar-refractivity contribution in [3.8, 4) is 0 Å². The SMILES string of the molecule is Nc1ccc(SCCc2cccs2)c(Br)c1. The quantitative estimate of drug-likeness (QED) is 0.667. The van der Waals surface area contributed by atoms with Gasteiger partial charge in [-0.1, -0.05) is 6.07 Å². The Hall–Kier alpha value is -0.450. The second-order valence-corrected chi connectivity index (χ2v) is 6.39. The molecule has 1 nitrogen and oxygen atoms in total. The number of rotatable bonds is 4. The van der Waals surface area contributed by atoms with Gasteiger partial charge in [0.05, 0.1) is 0 Å². The molecular formula is C12H12BrNS2. The van der Waals surface area contributed by atoms with Crippen LogP contribution in [0.4, 0.5) is 5.69 Å². The van der Waals surface area contributed by atoms with Crippen LogP contribution in [0, 0.1) is 0 Å². The monoisotopic (exact) mass is 313 g/mol. The molecule has 0 spiro atoms. The second kappa shape index (κ2) is 5.75. The maximum Gasteiger partial charge on any atom is 0.0331 e. The predicted molar refractivity (Wildman–Crippen MR) is 77.3 cm³/mol. The molecule has 0 amide bonds. The summed E-state index contributed by atoms with van der Waals surface area (Å²) in [6, 6.07) is 10.2. The molecule has 0 atom stereocenters. The molecule has 0 radical (unpaired) electrons. The number of thiophene rings is 1. The number of halogens is 1. The van der Waals surface area contributed by atoms with Crippen LogP contribution in [-0.2, 0) is 6.42 Å². The fraction of sp³-hybridized carbons (Fsp3) is 0.167. The van der Waals surface area contributed by atoms with E-state index in [0.29, 0.717) is 0 Å². The Bertz CT molecular complexity index is 454. The maximum atomic E-state index is 5.70. The van der Waals surface area contributed by atoms with Crippen LogP contribution in [0.2, 0.25) is 0 Å². The van der Waals surface area contributed by atoms with E-state index >= 15 is 0 Å². The number of nitrogens with two attached hydrogens (primary N) is 1. The van der Waals surface area contributed by atoms with Gasteiger partial charge in [0.25, 0.3) is 0 Å². The van der Waals surface area contributed by atoms with Crippen molar-refractivity contribution in [3.05, 3.63) is 45.1 Å². The lowest BCUT2D eigenvalue weighted by Gasteiger charge is -2.04. The molecular weight excluding hydrogens is 302 g/mol. The summed E-state index contributed by atoms with van der Waals surface area (Å²) in [6.07, 6.45) is 1.12. The third-order valence-electron chi connectivity index (χ3n) is 2.14. The molecule has 0 saturated heterocycles. The lowest BCUT2D eigenvalue weighted by Crippen LogP contribution is -1.87. The molecule has 16 heavy (non-hydrogen) atoms. The van der Waals surface area contributed by atoms with Crippen molar-refractivity contribution >= 4 is 44.7 Å². The molecule has 0 fully saturated rings. The zero-order valence-corrected chi connectivity index (χ0v) is 11.9. The topological polar surface area (TPSA) is 26.0 Å². The minimum Gasteiger partial charge on any atom is -0.399 e. The van der Waals surface area contributed by atoms with E-state index in [1.807, 2.05) is 35.2 Å². The molecule has 1 aromatic heterocycles. The van der Waals surface area contributed by atoms with Crippen LogP contribution in [0.15, 0.2) is 45.1 Å². The first-order valence-corrected chi connectivity index (χ1v) is 7.62. The predicted octanol–water partition coefficient (Wildman–Crippen LogP) is 4.43. The Morgan fingerprint density at radius 2 is 2.19 bits per heavy atom. The van der Waals surface area contributed by atoms with Gasteiger partial charge in [-0.15, -0.1) is 23.1 Å². The van der Waals surface area contributed by atoms with Crippen LogP contribution < -0.4 is 5.73 Å². The summed E-state index contributed by atoms with van der Waals surface area (Å²) >= 11 is 7.21. The normalized spacial score (nSPS) is 10.6. The summed E-state index contributed by atoms with van der Waals surface area (Å²) in [5.41, 5.74) is 6.50. The van der Waals surface area contributed by atoms with Crippen molar-refractivity contribution in [1.29, 1.82) is 0 Å². The van der Waals surface area contributed by atoms with Gasteiger partial charge < -0.3 is 5.73 Å². The molecule has 0 saturated carbocycles. The summed E-state index contributed by atoms with van der Waals surface area (Å²) in [7, 11) is 0. The molecule has 4 heteroatoms. The van der Waals surface area contributed by atoms with E-state index in [0.717, 1.165) is 22.3 Å². The van der Waals surface area contributed by atoms with Gasteiger partial charge in [0.2, 0.25) is 0 Å². The fourth-order valence-electron chi connectivity index (χ4n) is 1.35. The van der Waals surface area contributed by atoms with Gasteiger partial charge in [0.15, 0.2) is 0 Å². The Balaban J connectivity index is 1.90. The minimum absolute atomic E-state index is 0.800. The highest BCUT2D eigenvalue weighted by Crippen LogP contribution is 2.29. The molecule has 2 N–H and O–H groups in total. The molecule has 0 unspecified atom stereocenters. The van der Waals surface area contributed by atoms with E-state index in [1.54, 1.807) is 0 Å². The lowest BCUT2D eigenvalue weighted by molar-refractivity contribution is 1.20. The van der Waals surface area contributed by atoms with Gasteiger partial charge in [0.1, 0.15) is 0 Å². The summed E-state index contributed by atoms with van der Waals surface area (Å²) in [5, 5.41) is 2.12. The molecule has 0 aliphatic carbocycles. The summed E-state index contributed by atoms with van der Waals surface area (Å²) in [6.45, 7) is 0. The first kappa shape index (κ1) is 12.0. The highest BCUT2D eigenvalue weighted by atomic mass is 79.9. The number of thioether (sulfide) groups is 1. The standard InChI is InChI=1S/C12H12BrNS2/c13-11-8-9(14)3-4-12(11)16-7-5-10-2-1-6-15-10/h1-4,6,8H,5,7,14H2. The smallest absolute Gasteiger partial charge is 0.0331 e. The van der Waals surface area contributed by atoms with Crippen molar-refractivity contribution in [2.24, 2.45) is 0 Å². The molecule has 0 bridgehead atoms. The van der Waals surface area contributed by atoms with Crippen molar-refractivity contribution in [1.82, 2.24) is 0 Å². The van der Waals surface area contributed by atoms with Crippen molar-refractivity contribution in [2.75, 3.05) is 11.5 Å². The maximum absolute atomic E-state index is 5.70. The zero-order valence-electron chi connectivity index (χ0n) is 8.65.